The molecule has 2 N–H and O–H groups in total. The highest BCUT2D eigenvalue weighted by molar-refractivity contribution is 6.44. The van der Waals surface area contributed by atoms with Gasteiger partial charge in [-0.3, -0.25) is 9.59 Å². The van der Waals surface area contributed by atoms with Crippen molar-refractivity contribution in [1.82, 2.24) is 0 Å². The molecule has 2 amide bonds. The molecule has 2 aromatic rings. The zero-order valence-electron chi connectivity index (χ0n) is 13.6. The quantitative estimate of drug-likeness (QED) is 0.813. The summed E-state index contributed by atoms with van der Waals surface area (Å²) < 4.78 is 0. The maximum Gasteiger partial charge on any atom is 0.314 e. The molecule has 0 spiro atoms. The highest BCUT2D eigenvalue weighted by Gasteiger charge is 2.17. The molecule has 2 aromatic carbocycles. The molecule has 0 heterocycles. The Balaban J connectivity index is 2.15. The van der Waals surface area contributed by atoms with Gasteiger partial charge in [0, 0.05) is 16.4 Å². The summed E-state index contributed by atoms with van der Waals surface area (Å²) in [6, 6.07) is 9.07. The van der Waals surface area contributed by atoms with E-state index in [0.717, 1.165) is 22.3 Å². The van der Waals surface area contributed by atoms with Crippen LogP contribution in [0.25, 0.3) is 0 Å². The number of carbonyl (C=O) groups is 2. The zero-order chi connectivity index (χ0) is 17.1. The van der Waals surface area contributed by atoms with Gasteiger partial charge in [0.2, 0.25) is 0 Å². The summed E-state index contributed by atoms with van der Waals surface area (Å²) >= 11 is 6.01. The van der Waals surface area contributed by atoms with E-state index in [1.165, 1.54) is 0 Å². The lowest BCUT2D eigenvalue weighted by Gasteiger charge is -2.13. The Morgan fingerprint density at radius 2 is 1.48 bits per heavy atom. The zero-order valence-corrected chi connectivity index (χ0v) is 14.3. The van der Waals surface area contributed by atoms with Gasteiger partial charge in [0.15, 0.2) is 0 Å². The second-order valence-corrected chi connectivity index (χ2v) is 6.00. The number of carbonyl (C=O) groups excluding carboxylic acids is 2. The number of aryl methyl sites for hydroxylation is 3. The fourth-order valence-corrected chi connectivity index (χ4v) is 2.64. The standard InChI is InChI=1S/C18H19ClN2O2/c1-10-8-11(2)16(12(3)9-10)21-18(23)17(22)20-15-7-5-6-14(19)13(15)4/h5-9H,1-4H3,(H,20,22)(H,21,23). The van der Waals surface area contributed by atoms with Gasteiger partial charge < -0.3 is 10.6 Å². The summed E-state index contributed by atoms with van der Waals surface area (Å²) in [5.74, 6) is -1.44. The summed E-state index contributed by atoms with van der Waals surface area (Å²) in [7, 11) is 0. The predicted octanol–water partition coefficient (Wildman–Crippen LogP) is 4.15. The molecule has 2 rings (SSSR count). The topological polar surface area (TPSA) is 58.2 Å². The van der Waals surface area contributed by atoms with Gasteiger partial charge in [-0.2, -0.15) is 0 Å². The van der Waals surface area contributed by atoms with E-state index < -0.39 is 11.8 Å². The van der Waals surface area contributed by atoms with Crippen LogP contribution in [0.2, 0.25) is 5.02 Å². The molecule has 0 aliphatic carbocycles. The van der Waals surface area contributed by atoms with Crippen molar-refractivity contribution in [2.75, 3.05) is 10.6 Å². The average Bonchev–Trinajstić information content (AvgIpc) is 2.47. The first-order chi connectivity index (χ1) is 10.8. The van der Waals surface area contributed by atoms with Crippen LogP contribution in [0.4, 0.5) is 11.4 Å². The number of hydrogen-bond donors (Lipinski definition) is 2. The third-order valence-corrected chi connectivity index (χ3v) is 4.05. The van der Waals surface area contributed by atoms with Gasteiger partial charge in [-0.1, -0.05) is 35.4 Å². The second-order valence-electron chi connectivity index (χ2n) is 5.59. The lowest BCUT2D eigenvalue weighted by Crippen LogP contribution is -2.30. The molecule has 0 saturated carbocycles. The summed E-state index contributed by atoms with van der Waals surface area (Å²) in [6.45, 7) is 7.56. The summed E-state index contributed by atoms with van der Waals surface area (Å²) in [4.78, 5) is 24.2. The largest absolute Gasteiger partial charge is 0.317 e. The summed E-state index contributed by atoms with van der Waals surface area (Å²) in [6.07, 6.45) is 0. The third-order valence-electron chi connectivity index (χ3n) is 3.64. The SMILES string of the molecule is Cc1cc(C)c(NC(=O)C(=O)Nc2cccc(Cl)c2C)c(C)c1. The molecule has 4 nitrogen and oxygen atoms in total. The molecule has 0 unspecified atom stereocenters. The van der Waals surface area contributed by atoms with Crippen molar-refractivity contribution in [3.63, 3.8) is 0 Å². The van der Waals surface area contributed by atoms with E-state index in [9.17, 15) is 9.59 Å². The van der Waals surface area contributed by atoms with E-state index in [2.05, 4.69) is 10.6 Å². The van der Waals surface area contributed by atoms with Crippen LogP contribution in [0.15, 0.2) is 30.3 Å². The van der Waals surface area contributed by atoms with Crippen molar-refractivity contribution in [3.8, 4) is 0 Å². The fraction of sp³-hybridized carbons (Fsp3) is 0.222. The number of amides is 2. The van der Waals surface area contributed by atoms with Gasteiger partial charge in [0.1, 0.15) is 0 Å². The van der Waals surface area contributed by atoms with Crippen LogP contribution >= 0.6 is 11.6 Å². The molecule has 0 atom stereocenters. The monoisotopic (exact) mass is 330 g/mol. The molecule has 0 fully saturated rings. The molecule has 0 aliphatic heterocycles. The van der Waals surface area contributed by atoms with Crippen LogP contribution < -0.4 is 10.6 Å². The number of nitrogens with one attached hydrogen (secondary N) is 2. The van der Waals surface area contributed by atoms with Crippen molar-refractivity contribution in [3.05, 3.63) is 57.6 Å². The van der Waals surface area contributed by atoms with Crippen molar-refractivity contribution in [2.45, 2.75) is 27.7 Å². The number of rotatable bonds is 2. The number of halogens is 1. The van der Waals surface area contributed by atoms with Gasteiger partial charge in [-0.15, -0.1) is 0 Å². The van der Waals surface area contributed by atoms with E-state index in [1.54, 1.807) is 25.1 Å². The molecule has 0 saturated heterocycles. The lowest BCUT2D eigenvalue weighted by molar-refractivity contribution is -0.133. The minimum Gasteiger partial charge on any atom is -0.317 e. The first-order valence-corrected chi connectivity index (χ1v) is 7.62. The Bertz CT molecular complexity index is 762. The molecular weight excluding hydrogens is 312 g/mol. The van der Waals surface area contributed by atoms with Crippen LogP contribution in [0.5, 0.6) is 0 Å². The molecule has 0 aromatic heterocycles. The average molecular weight is 331 g/mol. The van der Waals surface area contributed by atoms with Crippen molar-refractivity contribution in [2.24, 2.45) is 0 Å². The Morgan fingerprint density at radius 1 is 0.913 bits per heavy atom. The van der Waals surface area contributed by atoms with Crippen molar-refractivity contribution >= 4 is 34.8 Å². The smallest absolute Gasteiger partial charge is 0.314 e. The minimum absolute atomic E-state index is 0.523. The van der Waals surface area contributed by atoms with Gasteiger partial charge >= 0.3 is 11.8 Å². The number of anilines is 2. The van der Waals surface area contributed by atoms with E-state index >= 15 is 0 Å². The molecule has 23 heavy (non-hydrogen) atoms. The second kappa shape index (κ2) is 6.84. The predicted molar refractivity (Wildman–Crippen MR) is 94.1 cm³/mol. The fourth-order valence-electron chi connectivity index (χ4n) is 2.47. The molecule has 0 radical (unpaired) electrons. The number of hydrogen-bond acceptors (Lipinski definition) is 2. The first-order valence-electron chi connectivity index (χ1n) is 7.25. The first kappa shape index (κ1) is 17.0. The van der Waals surface area contributed by atoms with Crippen LogP contribution in [-0.4, -0.2) is 11.8 Å². The van der Waals surface area contributed by atoms with Crippen LogP contribution in [-0.2, 0) is 9.59 Å². The highest BCUT2D eigenvalue weighted by atomic mass is 35.5. The van der Waals surface area contributed by atoms with Gasteiger partial charge in [-0.05, 0) is 56.5 Å². The van der Waals surface area contributed by atoms with Crippen LogP contribution in [0.3, 0.4) is 0 Å². The molecule has 0 bridgehead atoms. The highest BCUT2D eigenvalue weighted by Crippen LogP contribution is 2.24. The molecule has 0 aliphatic rings. The van der Waals surface area contributed by atoms with Crippen LogP contribution in [0.1, 0.15) is 22.3 Å². The maximum absolute atomic E-state index is 12.1. The lowest BCUT2D eigenvalue weighted by atomic mass is 10.1. The molecule has 5 heteroatoms. The van der Waals surface area contributed by atoms with Crippen molar-refractivity contribution < 1.29 is 9.59 Å². The van der Waals surface area contributed by atoms with Crippen molar-refractivity contribution in [1.29, 1.82) is 0 Å². The third kappa shape index (κ3) is 3.90. The van der Waals surface area contributed by atoms with Gasteiger partial charge in [-0.25, -0.2) is 0 Å². The Morgan fingerprint density at radius 3 is 2.09 bits per heavy atom. The van der Waals surface area contributed by atoms with Gasteiger partial charge in [0.25, 0.3) is 0 Å². The van der Waals surface area contributed by atoms with E-state index in [4.69, 9.17) is 11.6 Å². The Labute approximate surface area is 140 Å². The molecular formula is C18H19ClN2O2. The van der Waals surface area contributed by atoms with Gasteiger partial charge in [0.05, 0.1) is 0 Å². The van der Waals surface area contributed by atoms with E-state index in [-0.39, 0.29) is 0 Å². The number of benzene rings is 2. The maximum atomic E-state index is 12.1. The summed E-state index contributed by atoms with van der Waals surface area (Å²) in [5.41, 5.74) is 4.86. The van der Waals surface area contributed by atoms with Crippen LogP contribution in [0, 0.1) is 27.7 Å². The summed E-state index contributed by atoms with van der Waals surface area (Å²) in [5, 5.41) is 5.80. The minimum atomic E-state index is -0.727. The normalized spacial score (nSPS) is 10.3. The Kier molecular flexibility index (Phi) is 5.06. The van der Waals surface area contributed by atoms with E-state index in [0.29, 0.717) is 16.4 Å². The molecule has 120 valence electrons. The Hall–Kier alpha value is -2.33. The van der Waals surface area contributed by atoms with E-state index in [1.807, 2.05) is 32.9 Å².